The molecule has 0 spiro atoms. The summed E-state index contributed by atoms with van der Waals surface area (Å²) < 4.78 is 113. The summed E-state index contributed by atoms with van der Waals surface area (Å²) in [7, 11) is -9.21. The third-order valence-electron chi connectivity index (χ3n) is 8.08. The van der Waals surface area contributed by atoms with Gasteiger partial charge in [-0.2, -0.15) is 19.3 Å². The van der Waals surface area contributed by atoms with Gasteiger partial charge in [-0.1, -0.05) is 0 Å². The summed E-state index contributed by atoms with van der Waals surface area (Å²) >= 11 is 6.59. The summed E-state index contributed by atoms with van der Waals surface area (Å²) in [6.45, 7) is -0.578. The molecule has 0 saturated heterocycles. The number of nitrogens with two attached hydrogens (primary N) is 2. The normalized spacial score (nSPS) is 11.9. The predicted octanol–water partition coefficient (Wildman–Crippen LogP) is -8.16. The van der Waals surface area contributed by atoms with Crippen LogP contribution < -0.4 is 155 Å². The van der Waals surface area contributed by atoms with Crippen molar-refractivity contribution < 1.29 is 186 Å². The number of anilines is 6. The molecule has 37 heteroatoms. The van der Waals surface area contributed by atoms with E-state index in [1.807, 2.05) is 45.4 Å². The second-order valence-corrected chi connectivity index (χ2v) is 19.7. The van der Waals surface area contributed by atoms with E-state index in [-0.39, 0.29) is 164 Å². The number of rotatable bonds is 21. The van der Waals surface area contributed by atoms with E-state index in [2.05, 4.69) is 69.0 Å². The predicted molar refractivity (Wildman–Crippen MR) is 226 cm³/mol. The van der Waals surface area contributed by atoms with Crippen LogP contribution in [0.15, 0.2) is 107 Å². The Morgan fingerprint density at radius 2 is 1.25 bits per heavy atom. The van der Waals surface area contributed by atoms with Crippen molar-refractivity contribution in [2.24, 2.45) is 20.5 Å². The molecule has 0 atom stereocenters. The number of aromatic nitrogens is 3. The van der Waals surface area contributed by atoms with Crippen molar-refractivity contribution in [1.82, 2.24) is 19.4 Å². The maximum absolute atomic E-state index is 12.8. The fraction of sp³-hybridized carbons (Fsp3) is 0.156. The molecule has 5 rings (SSSR count). The number of quaternary nitrogens is 1. The number of nitrogens with zero attached hydrogens (tertiary/aromatic N) is 8. The van der Waals surface area contributed by atoms with Crippen LogP contribution in [0, 0.1) is 0 Å². The van der Waals surface area contributed by atoms with Crippen LogP contribution in [-0.4, -0.2) is 82.8 Å². The van der Waals surface area contributed by atoms with Gasteiger partial charge < -0.3 is 41.7 Å². The molecule has 0 unspecified atom stereocenters. The second kappa shape index (κ2) is 29.0. The molecule has 0 amide bonds. The number of benzene rings is 4. The van der Waals surface area contributed by atoms with E-state index in [1.165, 1.54) is 18.2 Å². The smallest absolute Gasteiger partial charge is 0.744 e. The van der Waals surface area contributed by atoms with Crippen molar-refractivity contribution >= 4 is 129 Å². The number of halogens is 1. The van der Waals surface area contributed by atoms with Gasteiger partial charge in [0.1, 0.15) is 48.7 Å². The van der Waals surface area contributed by atoms with Gasteiger partial charge in [0.25, 0.3) is 0 Å². The summed E-state index contributed by atoms with van der Waals surface area (Å²) in [5.41, 5.74) is 10.5. The fourth-order valence-electron chi connectivity index (χ4n) is 5.08. The van der Waals surface area contributed by atoms with Gasteiger partial charge in [0.2, 0.25) is 17.2 Å². The first-order chi connectivity index (χ1) is 30.5. The molecular formula is C32H30ClN12Na4O15S5+. The molecule has 0 saturated carbocycles. The Morgan fingerprint density at radius 1 is 0.681 bits per heavy atom. The van der Waals surface area contributed by atoms with Crippen LogP contribution in [0.4, 0.5) is 63.1 Å². The van der Waals surface area contributed by atoms with Crippen LogP contribution in [-0.2, 0) is 53.0 Å². The van der Waals surface area contributed by atoms with Crippen LogP contribution in [0.5, 0.6) is 0 Å². The van der Waals surface area contributed by atoms with Gasteiger partial charge >= 0.3 is 118 Å². The Kier molecular flexibility index (Phi) is 27.6. The van der Waals surface area contributed by atoms with Gasteiger partial charge in [-0.25, -0.2) is 25.3 Å². The fourth-order valence-corrected chi connectivity index (χ4v) is 8.41. The van der Waals surface area contributed by atoms with E-state index < -0.39 is 85.6 Å². The van der Waals surface area contributed by atoms with Gasteiger partial charge in [-0.15, -0.1) is 24.8 Å². The Labute approximate surface area is 495 Å². The molecule has 1 heterocycles. The van der Waals surface area contributed by atoms with Crippen molar-refractivity contribution in [3.63, 3.8) is 0 Å². The molecule has 5 aromatic rings. The number of hydrogen-bond donors (Lipinski definition) is 4. The van der Waals surface area contributed by atoms with Crippen LogP contribution in [0.1, 0.15) is 0 Å². The largest absolute Gasteiger partial charge is 1.00 e. The molecule has 348 valence electrons. The van der Waals surface area contributed by atoms with Gasteiger partial charge in [-0.05, 0) is 66.2 Å². The summed E-state index contributed by atoms with van der Waals surface area (Å²) in [6.07, 6.45) is 0. The van der Waals surface area contributed by atoms with Crippen LogP contribution in [0.3, 0.4) is 0 Å². The van der Waals surface area contributed by atoms with E-state index in [0.29, 0.717) is 34.3 Å². The topological polar surface area (TPSA) is 405 Å². The molecule has 0 bridgehead atoms. The van der Waals surface area contributed by atoms with Crippen LogP contribution >= 0.6 is 36.0 Å². The zero-order valence-corrected chi connectivity index (χ0v) is 49.9. The maximum Gasteiger partial charge on any atom is 1.00 e. The molecule has 0 aliphatic rings. The number of sulfone groups is 1. The molecule has 0 radical (unpaired) electrons. The van der Waals surface area contributed by atoms with Crippen LogP contribution in [0.25, 0.3) is 0 Å². The zero-order chi connectivity index (χ0) is 47.7. The SMILES string of the molecule is C[N+](C)(C)c1ccc(Nc2nc(Cl)nc(Nc3ccc(SOO[O-])c(N=Nc4c(N)c(N=Nc5ccc(S(=O)(=O)CCOSOO[O-])cc5S(=O)(=O)[O-])cc(S(=O)(=O)[O-])c4N)c3)n2)cc1.[Na+].[Na+].[Na+].[Na+]. The van der Waals surface area contributed by atoms with Gasteiger partial charge in [0, 0.05) is 23.5 Å². The summed E-state index contributed by atoms with van der Waals surface area (Å²) in [6, 6.07) is 14.3. The molecule has 6 N–H and O–H groups in total. The molecule has 0 aliphatic carbocycles. The van der Waals surface area contributed by atoms with Crippen molar-refractivity contribution in [1.29, 1.82) is 0 Å². The first kappa shape index (κ1) is 65.7. The molecule has 1 aromatic heterocycles. The van der Waals surface area contributed by atoms with E-state index in [1.54, 1.807) is 0 Å². The second-order valence-electron chi connectivity index (χ2n) is 13.3. The number of hydrogen-bond acceptors (Lipinski definition) is 28. The molecular weight excluding hydrogens is 1080 g/mol. The molecule has 27 nitrogen and oxygen atoms in total. The number of azo groups is 2. The average molecular weight is 1110 g/mol. The van der Waals surface area contributed by atoms with E-state index in [0.717, 1.165) is 17.8 Å². The minimum absolute atomic E-state index is 0. The summed E-state index contributed by atoms with van der Waals surface area (Å²) in [4.78, 5) is 9.57. The molecule has 4 aromatic carbocycles. The Morgan fingerprint density at radius 3 is 1.83 bits per heavy atom. The van der Waals surface area contributed by atoms with Gasteiger partial charge in [0.15, 0.2) is 22.2 Å². The first-order valence-electron chi connectivity index (χ1n) is 17.2. The minimum Gasteiger partial charge on any atom is -0.744 e. The van der Waals surface area contributed by atoms with E-state index >= 15 is 0 Å². The standard InChI is InChI=1S/C32H33ClN12O15S5.4Na/c1-45(2,3)19-7-4-17(5-8-19)36-31-38-30(33)39-32(40-31)37-18-6-11-24(61-59-57-46)22(14-18)42-44-29-27(34)23(16-26(28(29)35)65(53,54)55)43-41-21-10-9-20(15-25(21)64(50,51)52)63(48,49)13-12-56-62-60-58-47;;;;/h4-11,14-16H,12-13,34-35H2,1-3H3,(H5-,36,37,38,39,40,46,47,50,51,52,53,54,55);;;;/q;4*+1/p-3. The quantitative estimate of drug-likeness (QED) is 0.00610. The Hall–Kier alpha value is -1.27. The van der Waals surface area contributed by atoms with E-state index in [9.17, 15) is 44.9 Å². The minimum atomic E-state index is -5.48. The van der Waals surface area contributed by atoms with E-state index in [4.69, 9.17) is 23.1 Å². The molecule has 69 heavy (non-hydrogen) atoms. The Bertz CT molecular complexity index is 2970. The summed E-state index contributed by atoms with van der Waals surface area (Å²) in [5, 5.41) is 48.1. The first-order valence-corrected chi connectivity index (χ1v) is 23.5. The average Bonchev–Trinajstić information content (AvgIpc) is 3.21. The molecule has 0 aliphatic heterocycles. The third kappa shape index (κ3) is 19.2. The summed E-state index contributed by atoms with van der Waals surface area (Å²) in [5.74, 6) is -0.768. The zero-order valence-electron chi connectivity index (χ0n) is 37.0. The Balaban J connectivity index is 0.00000595. The number of nitrogens with one attached hydrogen (secondary N) is 2. The molecule has 0 fully saturated rings. The monoisotopic (exact) mass is 1110 g/mol. The maximum atomic E-state index is 12.8. The third-order valence-corrected chi connectivity index (χ3v) is 12.7. The van der Waals surface area contributed by atoms with Crippen molar-refractivity contribution in [2.75, 3.05) is 55.6 Å². The number of nitrogen functional groups attached to an aromatic ring is 2. The van der Waals surface area contributed by atoms with Crippen LogP contribution in [0.2, 0.25) is 5.28 Å². The van der Waals surface area contributed by atoms with Crippen molar-refractivity contribution in [3.05, 3.63) is 72.0 Å². The van der Waals surface area contributed by atoms with Gasteiger partial charge in [0.05, 0.1) is 76.5 Å². The van der Waals surface area contributed by atoms with Crippen molar-refractivity contribution in [2.45, 2.75) is 19.6 Å². The van der Waals surface area contributed by atoms with Gasteiger partial charge in [-0.3, -0.25) is 18.7 Å². The van der Waals surface area contributed by atoms with Crippen molar-refractivity contribution in [3.8, 4) is 0 Å².